The van der Waals surface area contributed by atoms with E-state index >= 15 is 0 Å². The van der Waals surface area contributed by atoms with Crippen molar-refractivity contribution in [2.24, 2.45) is 11.7 Å². The van der Waals surface area contributed by atoms with Gasteiger partial charge < -0.3 is 4.57 Å². The van der Waals surface area contributed by atoms with Gasteiger partial charge in [-0.05, 0) is 6.92 Å². The molecule has 0 spiro atoms. The fourth-order valence-corrected chi connectivity index (χ4v) is 1.16. The third-order valence-corrected chi connectivity index (χ3v) is 1.87. The van der Waals surface area contributed by atoms with Gasteiger partial charge in [-0.25, -0.2) is 16.7 Å². The number of nitrogen functional groups attached to an aromatic ring is 2. The summed E-state index contributed by atoms with van der Waals surface area (Å²) in [6, 6.07) is 0. The highest BCUT2D eigenvalue weighted by Gasteiger charge is 2.21. The first-order valence-electron chi connectivity index (χ1n) is 4.22. The van der Waals surface area contributed by atoms with Crippen molar-refractivity contribution in [2.75, 3.05) is 0 Å². The maximum atomic E-state index is 11.4. The smallest absolute Gasteiger partial charge is 0.286 e. The Balaban J connectivity index is 3.23. The van der Waals surface area contributed by atoms with Crippen molar-refractivity contribution in [1.29, 1.82) is 0 Å². The monoisotopic (exact) mass is 212 g/mol. The molecule has 0 saturated carbocycles. The van der Waals surface area contributed by atoms with Crippen molar-refractivity contribution in [1.82, 2.24) is 20.4 Å². The van der Waals surface area contributed by atoms with Crippen LogP contribution in [0, 0.1) is 0 Å². The Morgan fingerprint density at radius 3 is 2.47 bits per heavy atom. The zero-order chi connectivity index (χ0) is 11.4. The Morgan fingerprint density at radius 1 is 1.40 bits per heavy atom. The first kappa shape index (κ1) is 11.1. The van der Waals surface area contributed by atoms with Crippen LogP contribution in [0.25, 0.3) is 0 Å². The van der Waals surface area contributed by atoms with Gasteiger partial charge in [0.05, 0.1) is 6.33 Å². The summed E-state index contributed by atoms with van der Waals surface area (Å²) in [5.41, 5.74) is 3.88. The number of hydrazine groups is 2. The van der Waals surface area contributed by atoms with Crippen LogP contribution in [0.3, 0.4) is 0 Å². The van der Waals surface area contributed by atoms with E-state index in [2.05, 4.69) is 4.98 Å². The lowest BCUT2D eigenvalue weighted by Crippen LogP contribution is -2.36. The number of hydrogen-bond acceptors (Lipinski definition) is 5. The maximum Gasteiger partial charge on any atom is 0.286 e. The van der Waals surface area contributed by atoms with E-state index in [1.165, 1.54) is 10.9 Å². The number of nitrogens with two attached hydrogens (primary N) is 2. The molecule has 0 aliphatic rings. The molecule has 15 heavy (non-hydrogen) atoms. The van der Waals surface area contributed by atoms with Crippen LogP contribution in [0.15, 0.2) is 6.33 Å². The van der Waals surface area contributed by atoms with Gasteiger partial charge >= 0.3 is 0 Å². The Labute approximate surface area is 85.6 Å². The van der Waals surface area contributed by atoms with E-state index in [-0.39, 0.29) is 11.4 Å². The number of imidazole rings is 1. The Kier molecular flexibility index (Phi) is 3.37. The third-order valence-electron chi connectivity index (χ3n) is 1.87. The number of carbonyl (C=O) groups excluding carboxylic acids is 2. The molecule has 8 nitrogen and oxygen atoms in total. The number of amides is 2. The Bertz CT molecular complexity index is 385. The molecule has 0 saturated heterocycles. The molecule has 0 fully saturated rings. The number of rotatable bonds is 3. The van der Waals surface area contributed by atoms with E-state index in [1.54, 1.807) is 6.92 Å². The van der Waals surface area contributed by atoms with Crippen molar-refractivity contribution in [3.05, 3.63) is 17.7 Å². The molecule has 0 unspecified atom stereocenters. The summed E-state index contributed by atoms with van der Waals surface area (Å²) in [6.45, 7) is 2.30. The first-order valence-corrected chi connectivity index (χ1v) is 4.22. The first-order chi connectivity index (χ1) is 7.15. The Morgan fingerprint density at radius 2 is 2.00 bits per heavy atom. The quantitative estimate of drug-likeness (QED) is 0.264. The van der Waals surface area contributed by atoms with Gasteiger partial charge in [0.1, 0.15) is 5.69 Å². The fraction of sp³-hybridized carbons (Fsp3) is 0.286. The van der Waals surface area contributed by atoms with Gasteiger partial charge in [0.2, 0.25) is 0 Å². The van der Waals surface area contributed by atoms with Gasteiger partial charge in [0.15, 0.2) is 5.69 Å². The van der Waals surface area contributed by atoms with Gasteiger partial charge in [0, 0.05) is 6.54 Å². The van der Waals surface area contributed by atoms with Gasteiger partial charge in [-0.1, -0.05) is 0 Å². The van der Waals surface area contributed by atoms with E-state index in [0.29, 0.717) is 6.54 Å². The molecule has 0 aliphatic carbocycles. The minimum atomic E-state index is -0.638. The Hall–Kier alpha value is -1.93. The molecule has 0 atom stereocenters. The van der Waals surface area contributed by atoms with E-state index < -0.39 is 11.8 Å². The molecule has 0 bridgehead atoms. The average Bonchev–Trinajstić information content (AvgIpc) is 2.70. The van der Waals surface area contributed by atoms with Crippen molar-refractivity contribution in [3.63, 3.8) is 0 Å². The minimum absolute atomic E-state index is 0.0534. The van der Waals surface area contributed by atoms with Crippen LogP contribution in [0.5, 0.6) is 0 Å². The third kappa shape index (κ3) is 1.95. The second kappa shape index (κ2) is 4.53. The van der Waals surface area contributed by atoms with Crippen LogP contribution in [0.1, 0.15) is 27.9 Å². The molecule has 82 valence electrons. The SMILES string of the molecule is CCn1cnc(C(=O)NN)c1C(=O)NN. The lowest BCUT2D eigenvalue weighted by molar-refractivity contribution is 0.0911. The summed E-state index contributed by atoms with van der Waals surface area (Å²) in [4.78, 5) is 26.4. The molecule has 8 heteroatoms. The summed E-state index contributed by atoms with van der Waals surface area (Å²) in [6.07, 6.45) is 1.37. The number of aromatic nitrogens is 2. The summed E-state index contributed by atoms with van der Waals surface area (Å²) >= 11 is 0. The van der Waals surface area contributed by atoms with Gasteiger partial charge in [-0.2, -0.15) is 0 Å². The van der Waals surface area contributed by atoms with Crippen LogP contribution >= 0.6 is 0 Å². The van der Waals surface area contributed by atoms with Crippen molar-refractivity contribution < 1.29 is 9.59 Å². The van der Waals surface area contributed by atoms with Crippen LogP contribution in [0.4, 0.5) is 0 Å². The predicted octanol–water partition coefficient (Wildman–Crippen LogP) is -1.89. The molecular weight excluding hydrogens is 200 g/mol. The van der Waals surface area contributed by atoms with Crippen LogP contribution in [-0.2, 0) is 6.54 Å². The molecular formula is C7H12N6O2. The molecule has 0 aromatic carbocycles. The molecule has 1 aromatic rings. The van der Waals surface area contributed by atoms with Gasteiger partial charge in [-0.15, -0.1) is 0 Å². The number of nitrogens with one attached hydrogen (secondary N) is 2. The van der Waals surface area contributed by atoms with Crippen LogP contribution in [-0.4, -0.2) is 21.4 Å². The molecule has 1 heterocycles. The summed E-state index contributed by atoms with van der Waals surface area (Å²) in [5.74, 6) is 8.72. The minimum Gasteiger partial charge on any atom is -0.326 e. The number of carbonyl (C=O) groups is 2. The maximum absolute atomic E-state index is 11.4. The molecule has 0 aliphatic heterocycles. The lowest BCUT2D eigenvalue weighted by Gasteiger charge is -2.05. The van der Waals surface area contributed by atoms with Gasteiger partial charge in [0.25, 0.3) is 11.8 Å². The summed E-state index contributed by atoms with van der Waals surface area (Å²) in [7, 11) is 0. The van der Waals surface area contributed by atoms with Crippen molar-refractivity contribution >= 4 is 11.8 Å². The summed E-state index contributed by atoms with van der Waals surface area (Å²) in [5, 5.41) is 0. The predicted molar refractivity (Wildman–Crippen MR) is 51.2 cm³/mol. The molecule has 1 rings (SSSR count). The average molecular weight is 212 g/mol. The largest absolute Gasteiger partial charge is 0.326 e. The second-order valence-electron chi connectivity index (χ2n) is 2.67. The van der Waals surface area contributed by atoms with E-state index in [4.69, 9.17) is 11.7 Å². The van der Waals surface area contributed by atoms with E-state index in [1.807, 2.05) is 10.9 Å². The van der Waals surface area contributed by atoms with Crippen LogP contribution in [0.2, 0.25) is 0 Å². The number of nitrogens with zero attached hydrogens (tertiary/aromatic N) is 2. The number of aryl methyl sites for hydroxylation is 1. The zero-order valence-corrected chi connectivity index (χ0v) is 8.15. The standard InChI is InChI=1S/C7H12N6O2/c1-2-13-3-10-4(6(14)11-8)5(13)7(15)12-9/h3H,2,8-9H2,1H3,(H,11,14)(H,12,15). The zero-order valence-electron chi connectivity index (χ0n) is 8.15. The molecule has 2 amide bonds. The summed E-state index contributed by atoms with van der Waals surface area (Å²) < 4.78 is 1.49. The normalized spacial score (nSPS) is 9.80. The highest BCUT2D eigenvalue weighted by Crippen LogP contribution is 2.07. The van der Waals surface area contributed by atoms with E-state index in [0.717, 1.165) is 0 Å². The van der Waals surface area contributed by atoms with Crippen LogP contribution < -0.4 is 22.5 Å². The number of hydrogen-bond donors (Lipinski definition) is 4. The highest BCUT2D eigenvalue weighted by molar-refractivity contribution is 6.04. The van der Waals surface area contributed by atoms with E-state index in [9.17, 15) is 9.59 Å². The molecule has 1 aromatic heterocycles. The molecule has 6 N–H and O–H groups in total. The second-order valence-corrected chi connectivity index (χ2v) is 2.67. The van der Waals surface area contributed by atoms with Crippen molar-refractivity contribution in [2.45, 2.75) is 13.5 Å². The highest BCUT2D eigenvalue weighted by atomic mass is 16.2. The van der Waals surface area contributed by atoms with Gasteiger partial charge in [-0.3, -0.25) is 20.4 Å². The molecule has 0 radical (unpaired) electrons. The topological polar surface area (TPSA) is 128 Å². The lowest BCUT2D eigenvalue weighted by atomic mass is 10.3. The van der Waals surface area contributed by atoms with Crippen molar-refractivity contribution in [3.8, 4) is 0 Å². The fourth-order valence-electron chi connectivity index (χ4n) is 1.16.